The van der Waals surface area contributed by atoms with Crippen LogP contribution in [-0.4, -0.2) is 44.4 Å². The van der Waals surface area contributed by atoms with E-state index in [1.165, 1.54) is 6.33 Å². The number of aromatic nitrogens is 3. The van der Waals surface area contributed by atoms with E-state index >= 15 is 0 Å². The van der Waals surface area contributed by atoms with Crippen molar-refractivity contribution in [1.29, 1.82) is 0 Å². The predicted octanol–water partition coefficient (Wildman–Crippen LogP) is 2.63. The lowest BCUT2D eigenvalue weighted by Gasteiger charge is -2.12. The van der Waals surface area contributed by atoms with Gasteiger partial charge in [-0.25, -0.2) is 14.4 Å². The highest BCUT2D eigenvalue weighted by molar-refractivity contribution is 6.07. The van der Waals surface area contributed by atoms with E-state index in [1.807, 2.05) is 6.07 Å². The second-order valence-corrected chi connectivity index (χ2v) is 7.02. The maximum absolute atomic E-state index is 14.8. The van der Waals surface area contributed by atoms with E-state index in [2.05, 4.69) is 15.3 Å². The van der Waals surface area contributed by atoms with Crippen molar-refractivity contribution in [2.45, 2.75) is 25.3 Å². The normalized spacial score (nSPS) is 24.6. The Morgan fingerprint density at radius 3 is 2.75 bits per heavy atom. The number of anilines is 1. The number of halogens is 1. The maximum Gasteiger partial charge on any atom is 0.256 e. The molecule has 2 N–H and O–H groups in total. The van der Waals surface area contributed by atoms with Gasteiger partial charge in [0, 0.05) is 30.3 Å². The molecule has 3 heterocycles. The third kappa shape index (κ3) is 3.04. The van der Waals surface area contributed by atoms with Crippen LogP contribution in [-0.2, 0) is 11.8 Å². The molecule has 4 rings (SSSR count). The minimum Gasteiger partial charge on any atom is -0.394 e. The molecular weight excluding hydrogens is 363 g/mol. The average molecular weight is 384 g/mol. The van der Waals surface area contributed by atoms with Crippen LogP contribution in [0.5, 0.6) is 0 Å². The van der Waals surface area contributed by atoms with Crippen molar-refractivity contribution in [2.75, 3.05) is 11.9 Å². The Morgan fingerprint density at radius 2 is 2.07 bits per heavy atom. The zero-order chi connectivity index (χ0) is 19.8. The zero-order valence-electron chi connectivity index (χ0n) is 15.5. The Morgan fingerprint density at radius 1 is 1.32 bits per heavy atom. The SMILES string of the molecule is C[C@H]1[C@@H](F)[C@H](c2cn(C)c3c(NC(=O)c4ccccc4)ncnc23)O[C@@H]1CO. The quantitative estimate of drug-likeness (QED) is 0.722. The first-order chi connectivity index (χ1) is 13.5. The molecule has 1 amide bonds. The highest BCUT2D eigenvalue weighted by Gasteiger charge is 2.44. The van der Waals surface area contributed by atoms with E-state index in [9.17, 15) is 14.3 Å². The van der Waals surface area contributed by atoms with E-state index in [0.29, 0.717) is 28.0 Å². The van der Waals surface area contributed by atoms with Gasteiger partial charge in [-0.15, -0.1) is 0 Å². The molecule has 146 valence electrons. The summed E-state index contributed by atoms with van der Waals surface area (Å²) < 4.78 is 22.3. The van der Waals surface area contributed by atoms with Crippen LogP contribution in [0, 0.1) is 5.92 Å². The van der Waals surface area contributed by atoms with Gasteiger partial charge in [0.05, 0.1) is 18.2 Å². The average Bonchev–Trinajstić information content (AvgIpc) is 3.20. The minimum absolute atomic E-state index is 0.240. The molecule has 0 unspecified atom stereocenters. The number of benzene rings is 1. The largest absolute Gasteiger partial charge is 0.394 e. The fourth-order valence-electron chi connectivity index (χ4n) is 3.65. The highest BCUT2D eigenvalue weighted by atomic mass is 19.1. The molecule has 0 radical (unpaired) electrons. The number of ether oxygens (including phenoxy) is 1. The summed E-state index contributed by atoms with van der Waals surface area (Å²) in [4.78, 5) is 21.0. The molecule has 1 aliphatic heterocycles. The van der Waals surface area contributed by atoms with E-state index in [4.69, 9.17) is 4.74 Å². The Balaban J connectivity index is 1.71. The molecular formula is C20H21FN4O3. The van der Waals surface area contributed by atoms with Gasteiger partial charge in [-0.05, 0) is 12.1 Å². The van der Waals surface area contributed by atoms with Gasteiger partial charge in [-0.1, -0.05) is 25.1 Å². The molecule has 8 heteroatoms. The van der Waals surface area contributed by atoms with Crippen molar-refractivity contribution in [3.05, 3.63) is 54.0 Å². The van der Waals surface area contributed by atoms with E-state index < -0.39 is 24.3 Å². The van der Waals surface area contributed by atoms with Crippen LogP contribution in [0.1, 0.15) is 28.9 Å². The number of hydrogen-bond donors (Lipinski definition) is 2. The van der Waals surface area contributed by atoms with Crippen LogP contribution in [0.3, 0.4) is 0 Å². The molecule has 7 nitrogen and oxygen atoms in total. The number of alkyl halides is 1. The van der Waals surface area contributed by atoms with Gasteiger partial charge in [0.15, 0.2) is 5.82 Å². The number of nitrogens with one attached hydrogen (secondary N) is 1. The smallest absolute Gasteiger partial charge is 0.256 e. The molecule has 1 aromatic carbocycles. The van der Waals surface area contributed by atoms with Crippen molar-refractivity contribution in [1.82, 2.24) is 14.5 Å². The van der Waals surface area contributed by atoms with Crippen LogP contribution in [0.25, 0.3) is 11.0 Å². The van der Waals surface area contributed by atoms with Crippen molar-refractivity contribution >= 4 is 22.8 Å². The first-order valence-corrected chi connectivity index (χ1v) is 9.08. The van der Waals surface area contributed by atoms with Crippen molar-refractivity contribution in [2.24, 2.45) is 13.0 Å². The highest BCUT2D eigenvalue weighted by Crippen LogP contribution is 2.42. The zero-order valence-corrected chi connectivity index (χ0v) is 15.5. The second kappa shape index (κ2) is 7.29. The number of aryl methyl sites for hydroxylation is 1. The number of fused-ring (bicyclic) bond motifs is 1. The molecule has 1 saturated heterocycles. The Hall–Kier alpha value is -2.84. The number of aliphatic hydroxyl groups excluding tert-OH is 1. The van der Waals surface area contributed by atoms with Crippen molar-refractivity contribution < 1.29 is 19.0 Å². The van der Waals surface area contributed by atoms with Gasteiger partial charge in [0.1, 0.15) is 24.1 Å². The molecule has 2 aromatic heterocycles. The summed E-state index contributed by atoms with van der Waals surface area (Å²) in [6.45, 7) is 1.48. The molecule has 3 aromatic rings. The maximum atomic E-state index is 14.8. The predicted molar refractivity (Wildman–Crippen MR) is 102 cm³/mol. The van der Waals surface area contributed by atoms with E-state index in [1.54, 1.807) is 49.0 Å². The Kier molecular flexibility index (Phi) is 4.82. The number of carbonyl (C=O) groups excluding carboxylic acids is 1. The summed E-state index contributed by atoms with van der Waals surface area (Å²) in [7, 11) is 1.78. The molecule has 0 spiro atoms. The van der Waals surface area contributed by atoms with Gasteiger partial charge in [-0.2, -0.15) is 0 Å². The summed E-state index contributed by atoms with van der Waals surface area (Å²) in [5.41, 5.74) is 2.17. The fraction of sp³-hybridized carbons (Fsp3) is 0.350. The minimum atomic E-state index is -1.26. The van der Waals surface area contributed by atoms with Crippen LogP contribution < -0.4 is 5.32 Å². The van der Waals surface area contributed by atoms with Crippen LogP contribution in [0.15, 0.2) is 42.9 Å². The van der Waals surface area contributed by atoms with Gasteiger partial charge in [0.2, 0.25) is 0 Å². The lowest BCUT2D eigenvalue weighted by molar-refractivity contribution is -0.00417. The summed E-state index contributed by atoms with van der Waals surface area (Å²) in [6, 6.07) is 8.81. The number of carbonyl (C=O) groups is 1. The fourth-order valence-corrected chi connectivity index (χ4v) is 3.65. The molecule has 0 saturated carbocycles. The van der Waals surface area contributed by atoms with Crippen molar-refractivity contribution in [3.63, 3.8) is 0 Å². The van der Waals surface area contributed by atoms with Crippen LogP contribution >= 0.6 is 0 Å². The number of amides is 1. The summed E-state index contributed by atoms with van der Waals surface area (Å²) in [6.07, 6.45) is 0.417. The van der Waals surface area contributed by atoms with Crippen molar-refractivity contribution in [3.8, 4) is 0 Å². The first-order valence-electron chi connectivity index (χ1n) is 9.08. The molecule has 4 atom stereocenters. The second-order valence-electron chi connectivity index (χ2n) is 7.02. The first kappa shape index (κ1) is 18.5. The standard InChI is InChI=1S/C20H21FN4O3/c1-11-14(9-26)28-18(15(11)21)13-8-25(2)17-16(13)22-10-23-19(17)24-20(27)12-6-4-3-5-7-12/h3-8,10-11,14-15,18,26H,9H2,1-2H3,(H,22,23,24,27)/t11-,14-,15-,18+/m1/s1. The van der Waals surface area contributed by atoms with Crippen LogP contribution in [0.2, 0.25) is 0 Å². The summed E-state index contributed by atoms with van der Waals surface area (Å²) in [5.74, 6) is -0.380. The molecule has 0 bridgehead atoms. The summed E-state index contributed by atoms with van der Waals surface area (Å²) >= 11 is 0. The number of nitrogens with zero attached hydrogens (tertiary/aromatic N) is 3. The third-order valence-electron chi connectivity index (χ3n) is 5.23. The van der Waals surface area contributed by atoms with Gasteiger partial charge in [-0.3, -0.25) is 4.79 Å². The molecule has 1 aliphatic rings. The van der Waals surface area contributed by atoms with Gasteiger partial charge < -0.3 is 19.7 Å². The summed E-state index contributed by atoms with van der Waals surface area (Å²) in [5, 5.41) is 12.2. The number of hydrogen-bond acceptors (Lipinski definition) is 5. The lowest BCUT2D eigenvalue weighted by atomic mass is 9.97. The molecule has 0 aliphatic carbocycles. The van der Waals surface area contributed by atoms with Crippen LogP contribution in [0.4, 0.5) is 10.2 Å². The lowest BCUT2D eigenvalue weighted by Crippen LogP contribution is -2.21. The van der Waals surface area contributed by atoms with Gasteiger partial charge in [0.25, 0.3) is 5.91 Å². The Bertz CT molecular complexity index is 1010. The van der Waals surface area contributed by atoms with E-state index in [0.717, 1.165) is 0 Å². The monoisotopic (exact) mass is 384 g/mol. The Labute approximate surface area is 161 Å². The third-order valence-corrected chi connectivity index (χ3v) is 5.23. The topological polar surface area (TPSA) is 89.3 Å². The van der Waals surface area contributed by atoms with E-state index in [-0.39, 0.29) is 12.5 Å². The number of aliphatic hydroxyl groups is 1. The molecule has 1 fully saturated rings. The molecule has 28 heavy (non-hydrogen) atoms. The van der Waals surface area contributed by atoms with Gasteiger partial charge >= 0.3 is 0 Å². The number of rotatable bonds is 4.